The lowest BCUT2D eigenvalue weighted by Crippen LogP contribution is -2.45. The Balaban J connectivity index is 2.10. The van der Waals surface area contributed by atoms with Crippen molar-refractivity contribution in [1.29, 1.82) is 0 Å². The molecule has 0 aromatic carbocycles. The zero-order valence-electron chi connectivity index (χ0n) is 17.4. The van der Waals surface area contributed by atoms with Crippen molar-refractivity contribution < 1.29 is 33.3 Å². The van der Waals surface area contributed by atoms with Crippen LogP contribution in [0.3, 0.4) is 0 Å². The minimum atomic E-state index is -0.993. The van der Waals surface area contributed by atoms with Gasteiger partial charge < -0.3 is 23.7 Å². The van der Waals surface area contributed by atoms with Gasteiger partial charge in [0.05, 0.1) is 23.5 Å². The van der Waals surface area contributed by atoms with Crippen LogP contribution in [0, 0.1) is 11.8 Å². The van der Waals surface area contributed by atoms with Gasteiger partial charge in [0.25, 0.3) is 0 Å². The number of fused-ring (bicyclic) bond motifs is 3. The molecule has 0 spiro atoms. The first-order chi connectivity index (χ1) is 13.1. The summed E-state index contributed by atoms with van der Waals surface area (Å²) in [6.45, 7) is 11.3. The quantitative estimate of drug-likeness (QED) is 0.412. The first kappa shape index (κ1) is 21.0. The lowest BCUT2D eigenvalue weighted by atomic mass is 9.80. The largest absolute Gasteiger partial charge is 0.461 e. The van der Waals surface area contributed by atoms with Gasteiger partial charge in [0.1, 0.15) is 12.2 Å². The van der Waals surface area contributed by atoms with E-state index in [1.807, 2.05) is 19.9 Å². The van der Waals surface area contributed by atoms with Crippen molar-refractivity contribution >= 4 is 11.9 Å². The average Bonchev–Trinajstić information content (AvgIpc) is 3.08. The predicted molar refractivity (Wildman–Crippen MR) is 100 cm³/mol. The highest BCUT2D eigenvalue weighted by molar-refractivity contribution is 5.91. The highest BCUT2D eigenvalue weighted by atomic mass is 16.7. The summed E-state index contributed by atoms with van der Waals surface area (Å²) in [4.78, 5) is 24.7. The molecule has 0 aliphatic carbocycles. The summed E-state index contributed by atoms with van der Waals surface area (Å²) >= 11 is 0. The molecule has 156 valence electrons. The number of rotatable bonds is 4. The summed E-state index contributed by atoms with van der Waals surface area (Å²) in [6.07, 6.45) is 1.12. The molecule has 3 aliphatic rings. The van der Waals surface area contributed by atoms with Gasteiger partial charge in [0.15, 0.2) is 5.79 Å². The predicted octanol–water partition coefficient (Wildman–Crippen LogP) is 2.54. The summed E-state index contributed by atoms with van der Waals surface area (Å²) in [5, 5.41) is 0. The van der Waals surface area contributed by atoms with Crippen LogP contribution < -0.4 is 0 Å². The van der Waals surface area contributed by atoms with E-state index in [9.17, 15) is 9.59 Å². The first-order valence-corrected chi connectivity index (χ1v) is 9.64. The van der Waals surface area contributed by atoms with Crippen molar-refractivity contribution in [3.8, 4) is 0 Å². The van der Waals surface area contributed by atoms with Crippen LogP contribution in [0.2, 0.25) is 0 Å². The van der Waals surface area contributed by atoms with Crippen molar-refractivity contribution in [2.24, 2.45) is 11.8 Å². The number of ether oxygens (including phenoxy) is 5. The van der Waals surface area contributed by atoms with Crippen LogP contribution in [0.1, 0.15) is 40.5 Å². The lowest BCUT2D eigenvalue weighted by molar-refractivity contribution is -0.223. The maximum atomic E-state index is 12.4. The highest BCUT2D eigenvalue weighted by Gasteiger charge is 2.59. The third-order valence-electron chi connectivity index (χ3n) is 6.17. The van der Waals surface area contributed by atoms with Crippen LogP contribution >= 0.6 is 0 Å². The number of hydrogen-bond acceptors (Lipinski definition) is 7. The van der Waals surface area contributed by atoms with Gasteiger partial charge in [-0.3, -0.25) is 4.79 Å². The lowest BCUT2D eigenvalue weighted by Gasteiger charge is -2.36. The van der Waals surface area contributed by atoms with Gasteiger partial charge >= 0.3 is 11.9 Å². The zero-order valence-corrected chi connectivity index (χ0v) is 17.4. The Hall–Kier alpha value is -1.70. The van der Waals surface area contributed by atoms with E-state index in [1.165, 1.54) is 0 Å². The van der Waals surface area contributed by atoms with Crippen LogP contribution in [0.5, 0.6) is 0 Å². The van der Waals surface area contributed by atoms with E-state index >= 15 is 0 Å². The molecule has 2 saturated heterocycles. The molecule has 0 N–H and O–H groups in total. The minimum Gasteiger partial charge on any atom is -0.461 e. The van der Waals surface area contributed by atoms with E-state index in [0.717, 1.165) is 5.57 Å². The van der Waals surface area contributed by atoms with Crippen molar-refractivity contribution in [1.82, 2.24) is 0 Å². The zero-order chi connectivity index (χ0) is 20.9. The van der Waals surface area contributed by atoms with E-state index in [-0.39, 0.29) is 18.0 Å². The van der Waals surface area contributed by atoms with Crippen molar-refractivity contribution in [2.75, 3.05) is 14.2 Å². The van der Waals surface area contributed by atoms with Crippen molar-refractivity contribution in [2.45, 2.75) is 70.2 Å². The van der Waals surface area contributed by atoms with Crippen LogP contribution in [-0.4, -0.2) is 55.9 Å². The second-order valence-electron chi connectivity index (χ2n) is 8.41. The van der Waals surface area contributed by atoms with Gasteiger partial charge in [0, 0.05) is 32.6 Å². The number of hydrogen-bond donors (Lipinski definition) is 0. The van der Waals surface area contributed by atoms with E-state index in [1.54, 1.807) is 28.1 Å². The molecule has 3 aliphatic heterocycles. The summed E-state index contributed by atoms with van der Waals surface area (Å²) < 4.78 is 29.3. The number of carbonyl (C=O) groups excluding carboxylic acids is 2. The molecule has 0 aromatic rings. The summed E-state index contributed by atoms with van der Waals surface area (Å²) in [6, 6.07) is 0. The number of esters is 2. The summed E-state index contributed by atoms with van der Waals surface area (Å²) in [5.41, 5.74) is 0.300. The minimum absolute atomic E-state index is 0.279. The first-order valence-electron chi connectivity index (χ1n) is 9.64. The standard InChI is InChI=1S/C21H30O7/c1-11(2)18(22)27-15-9-20(5)16(24-6)10-21(25-7,28-20)12(3)8-14-17(15)13(4)19(23)26-14/h8,11,14-17H,4,9-10H2,1-3,5-7H3/b12-8-/t14-,15-,16+,17+,20+,21+/m1/s1. The van der Waals surface area contributed by atoms with Gasteiger partial charge in [-0.05, 0) is 25.5 Å². The highest BCUT2D eigenvalue weighted by Crippen LogP contribution is 2.50. The molecule has 7 nitrogen and oxygen atoms in total. The molecule has 0 amide bonds. The van der Waals surface area contributed by atoms with Crippen LogP contribution in [-0.2, 0) is 33.3 Å². The molecule has 2 fully saturated rings. The molecule has 7 heteroatoms. The SMILES string of the molecule is C=C1C(=O)O[C@@H]2/C=C(/C)[C@]3(OC)C[C@H](OC)[C@](C)(C[C@@H](OC(=O)C(C)C)[C@@H]12)O3. The summed E-state index contributed by atoms with van der Waals surface area (Å²) in [7, 11) is 3.21. The second kappa shape index (κ2) is 7.28. The van der Waals surface area contributed by atoms with Crippen molar-refractivity contribution in [3.63, 3.8) is 0 Å². The smallest absolute Gasteiger partial charge is 0.334 e. The van der Waals surface area contributed by atoms with Crippen LogP contribution in [0.25, 0.3) is 0 Å². The molecule has 0 saturated carbocycles. The van der Waals surface area contributed by atoms with Gasteiger partial charge in [-0.1, -0.05) is 20.4 Å². The third kappa shape index (κ3) is 3.29. The Bertz CT molecular complexity index is 712. The van der Waals surface area contributed by atoms with E-state index < -0.39 is 35.5 Å². The molecule has 3 rings (SSSR count). The van der Waals surface area contributed by atoms with Gasteiger partial charge in [-0.15, -0.1) is 0 Å². The fourth-order valence-electron chi connectivity index (χ4n) is 4.46. The molecule has 2 bridgehead atoms. The number of carbonyl (C=O) groups is 2. The fourth-order valence-corrected chi connectivity index (χ4v) is 4.46. The number of methoxy groups -OCH3 is 2. The van der Waals surface area contributed by atoms with Crippen LogP contribution in [0.4, 0.5) is 0 Å². The van der Waals surface area contributed by atoms with E-state index in [4.69, 9.17) is 23.7 Å². The average molecular weight is 394 g/mol. The van der Waals surface area contributed by atoms with Gasteiger partial charge in [-0.2, -0.15) is 0 Å². The van der Waals surface area contributed by atoms with Gasteiger partial charge in [-0.25, -0.2) is 4.79 Å². The monoisotopic (exact) mass is 394 g/mol. The topological polar surface area (TPSA) is 80.3 Å². The fraction of sp³-hybridized carbons (Fsp3) is 0.714. The Labute approximate surface area is 166 Å². The molecule has 0 unspecified atom stereocenters. The molecule has 0 radical (unpaired) electrons. The normalized spacial score (nSPS) is 42.2. The van der Waals surface area contributed by atoms with Crippen molar-refractivity contribution in [3.05, 3.63) is 23.8 Å². The Morgan fingerprint density at radius 1 is 1.32 bits per heavy atom. The molecule has 0 aromatic heterocycles. The second-order valence-corrected chi connectivity index (χ2v) is 8.41. The molecule has 28 heavy (non-hydrogen) atoms. The molecule has 3 heterocycles. The molecular weight excluding hydrogens is 364 g/mol. The third-order valence-corrected chi connectivity index (χ3v) is 6.17. The molecular formula is C21H30O7. The van der Waals surface area contributed by atoms with E-state index in [0.29, 0.717) is 18.4 Å². The van der Waals surface area contributed by atoms with Gasteiger partial charge in [0.2, 0.25) is 0 Å². The molecule has 6 atom stereocenters. The van der Waals surface area contributed by atoms with Crippen LogP contribution in [0.15, 0.2) is 23.8 Å². The van der Waals surface area contributed by atoms with E-state index in [2.05, 4.69) is 6.58 Å². The Morgan fingerprint density at radius 3 is 2.57 bits per heavy atom. The maximum Gasteiger partial charge on any atom is 0.334 e. The Kier molecular flexibility index (Phi) is 5.47. The Morgan fingerprint density at radius 2 is 2.00 bits per heavy atom. The summed E-state index contributed by atoms with van der Waals surface area (Å²) in [5.74, 6) is -2.60. The maximum absolute atomic E-state index is 12.4.